The number of hydrogen-bond acceptors (Lipinski definition) is 4. The number of aromatic nitrogens is 1. The molecule has 0 aliphatic rings. The number of nitrogens with one attached hydrogen (secondary N) is 1. The monoisotopic (exact) mass is 268 g/mol. The Kier molecular flexibility index (Phi) is 3.88. The zero-order valence-corrected chi connectivity index (χ0v) is 10.7. The average Bonchev–Trinajstić information content (AvgIpc) is 2.84. The molecular weight excluding hydrogens is 256 g/mol. The van der Waals surface area contributed by atoms with E-state index in [4.69, 9.17) is 0 Å². The molecule has 17 heavy (non-hydrogen) atoms. The standard InChI is InChI=1S/C11H12N2O2S2/c14-17(15,11-2-1-9-16-11)13-8-5-10-3-6-12-7-4-10/h1-4,6-7,9,13H,5,8H2. The molecule has 4 nitrogen and oxygen atoms in total. The normalized spacial score (nSPS) is 11.5. The van der Waals surface area contributed by atoms with Gasteiger partial charge < -0.3 is 0 Å². The summed E-state index contributed by atoms with van der Waals surface area (Å²) in [4.78, 5) is 3.91. The lowest BCUT2D eigenvalue weighted by molar-refractivity contribution is 0.584. The van der Waals surface area contributed by atoms with Gasteiger partial charge >= 0.3 is 0 Å². The van der Waals surface area contributed by atoms with Gasteiger partial charge in [0.1, 0.15) is 4.21 Å². The number of sulfonamides is 1. The van der Waals surface area contributed by atoms with Gasteiger partial charge in [-0.25, -0.2) is 13.1 Å². The average molecular weight is 268 g/mol. The number of nitrogens with zero attached hydrogens (tertiary/aromatic N) is 1. The largest absolute Gasteiger partial charge is 0.265 e. The topological polar surface area (TPSA) is 59.1 Å². The Morgan fingerprint density at radius 1 is 1.24 bits per heavy atom. The van der Waals surface area contributed by atoms with E-state index in [1.165, 1.54) is 11.3 Å². The molecule has 2 rings (SSSR count). The number of hydrogen-bond donors (Lipinski definition) is 1. The van der Waals surface area contributed by atoms with Crippen molar-refractivity contribution in [3.8, 4) is 0 Å². The summed E-state index contributed by atoms with van der Waals surface area (Å²) in [5.41, 5.74) is 1.06. The molecule has 90 valence electrons. The van der Waals surface area contributed by atoms with Crippen molar-refractivity contribution in [1.82, 2.24) is 9.71 Å². The molecule has 0 saturated heterocycles. The van der Waals surface area contributed by atoms with Crippen LogP contribution in [-0.2, 0) is 16.4 Å². The number of thiophene rings is 1. The highest BCUT2D eigenvalue weighted by Crippen LogP contribution is 2.15. The first-order valence-electron chi connectivity index (χ1n) is 5.10. The highest BCUT2D eigenvalue weighted by Gasteiger charge is 2.13. The minimum atomic E-state index is -3.33. The van der Waals surface area contributed by atoms with Crippen LogP contribution in [0.5, 0.6) is 0 Å². The summed E-state index contributed by atoms with van der Waals surface area (Å²) in [5.74, 6) is 0. The quantitative estimate of drug-likeness (QED) is 0.897. The Balaban J connectivity index is 1.91. The molecule has 0 fully saturated rings. The van der Waals surface area contributed by atoms with E-state index in [0.717, 1.165) is 5.56 Å². The van der Waals surface area contributed by atoms with Crippen molar-refractivity contribution in [3.63, 3.8) is 0 Å². The fraction of sp³-hybridized carbons (Fsp3) is 0.182. The number of rotatable bonds is 5. The zero-order valence-electron chi connectivity index (χ0n) is 9.04. The van der Waals surface area contributed by atoms with Gasteiger partial charge in [0.25, 0.3) is 0 Å². The molecule has 2 aromatic heterocycles. The van der Waals surface area contributed by atoms with Crippen molar-refractivity contribution < 1.29 is 8.42 Å². The van der Waals surface area contributed by atoms with Gasteiger partial charge in [0.15, 0.2) is 0 Å². The van der Waals surface area contributed by atoms with E-state index in [1.54, 1.807) is 29.9 Å². The van der Waals surface area contributed by atoms with Crippen LogP contribution < -0.4 is 4.72 Å². The third kappa shape index (κ3) is 3.36. The van der Waals surface area contributed by atoms with Gasteiger partial charge in [-0.3, -0.25) is 4.98 Å². The molecular formula is C11H12N2O2S2. The van der Waals surface area contributed by atoms with Crippen LogP contribution in [-0.4, -0.2) is 19.9 Å². The lowest BCUT2D eigenvalue weighted by Gasteiger charge is -2.04. The smallest absolute Gasteiger partial charge is 0.250 e. The summed E-state index contributed by atoms with van der Waals surface area (Å²) in [7, 11) is -3.33. The molecule has 0 aromatic carbocycles. The minimum Gasteiger partial charge on any atom is -0.265 e. The van der Waals surface area contributed by atoms with E-state index < -0.39 is 10.0 Å². The number of pyridine rings is 1. The summed E-state index contributed by atoms with van der Waals surface area (Å²) in [5, 5.41) is 1.75. The first-order valence-corrected chi connectivity index (χ1v) is 7.47. The van der Waals surface area contributed by atoms with Crippen molar-refractivity contribution in [2.24, 2.45) is 0 Å². The Labute approximate surface area is 104 Å². The van der Waals surface area contributed by atoms with Gasteiger partial charge in [-0.15, -0.1) is 11.3 Å². The second-order valence-corrected chi connectivity index (χ2v) is 6.38. The van der Waals surface area contributed by atoms with Gasteiger partial charge in [0.2, 0.25) is 10.0 Å². The fourth-order valence-electron chi connectivity index (χ4n) is 1.37. The van der Waals surface area contributed by atoms with E-state index in [1.807, 2.05) is 12.1 Å². The Morgan fingerprint density at radius 2 is 2.00 bits per heavy atom. The summed E-state index contributed by atoms with van der Waals surface area (Å²) >= 11 is 1.22. The highest BCUT2D eigenvalue weighted by atomic mass is 32.2. The van der Waals surface area contributed by atoms with Gasteiger partial charge in [0.05, 0.1) is 0 Å². The van der Waals surface area contributed by atoms with E-state index in [2.05, 4.69) is 9.71 Å². The summed E-state index contributed by atoms with van der Waals surface area (Å²) in [6.45, 7) is 0.393. The molecule has 0 saturated carbocycles. The van der Waals surface area contributed by atoms with Gasteiger partial charge in [-0.1, -0.05) is 6.07 Å². The molecule has 0 spiro atoms. The minimum absolute atomic E-state index is 0.354. The molecule has 0 amide bonds. The maximum absolute atomic E-state index is 11.8. The molecule has 1 N–H and O–H groups in total. The molecule has 0 bridgehead atoms. The van der Waals surface area contributed by atoms with Crippen LogP contribution >= 0.6 is 11.3 Å². The summed E-state index contributed by atoms with van der Waals surface area (Å²) in [6.07, 6.45) is 4.05. The lowest BCUT2D eigenvalue weighted by atomic mass is 10.2. The predicted molar refractivity (Wildman–Crippen MR) is 67.4 cm³/mol. The van der Waals surface area contributed by atoms with Crippen LogP contribution in [0.4, 0.5) is 0 Å². The van der Waals surface area contributed by atoms with Crippen molar-refractivity contribution in [3.05, 3.63) is 47.6 Å². The Morgan fingerprint density at radius 3 is 2.65 bits per heavy atom. The zero-order chi connectivity index (χ0) is 12.1. The van der Waals surface area contributed by atoms with Crippen molar-refractivity contribution in [2.75, 3.05) is 6.54 Å². The molecule has 0 unspecified atom stereocenters. The molecule has 2 heterocycles. The molecule has 2 aromatic rings. The molecule has 0 aliphatic heterocycles. The molecule has 0 radical (unpaired) electrons. The third-order valence-electron chi connectivity index (χ3n) is 2.22. The van der Waals surface area contributed by atoms with Crippen molar-refractivity contribution in [1.29, 1.82) is 0 Å². The first kappa shape index (κ1) is 12.2. The van der Waals surface area contributed by atoms with E-state index >= 15 is 0 Å². The first-order chi connectivity index (χ1) is 8.18. The van der Waals surface area contributed by atoms with Crippen LogP contribution in [0.25, 0.3) is 0 Å². The highest BCUT2D eigenvalue weighted by molar-refractivity contribution is 7.91. The van der Waals surface area contributed by atoms with Crippen molar-refractivity contribution in [2.45, 2.75) is 10.6 Å². The second-order valence-electron chi connectivity index (χ2n) is 3.44. The Bertz CT molecular complexity index is 550. The van der Waals surface area contributed by atoms with Crippen molar-refractivity contribution >= 4 is 21.4 Å². The van der Waals surface area contributed by atoms with Gasteiger partial charge in [0, 0.05) is 18.9 Å². The predicted octanol–water partition coefficient (Wildman–Crippen LogP) is 1.66. The maximum atomic E-state index is 11.8. The molecule has 6 heteroatoms. The SMILES string of the molecule is O=S(=O)(NCCc1ccncc1)c1cccs1. The Hall–Kier alpha value is -1.24. The summed E-state index contributed by atoms with van der Waals surface area (Å²) < 4.78 is 26.5. The molecule has 0 aliphatic carbocycles. The summed E-state index contributed by atoms with van der Waals surface area (Å²) in [6, 6.07) is 7.07. The van der Waals surface area contributed by atoms with E-state index in [-0.39, 0.29) is 0 Å². The lowest BCUT2D eigenvalue weighted by Crippen LogP contribution is -2.25. The van der Waals surface area contributed by atoms with Crippen LogP contribution in [0.15, 0.2) is 46.2 Å². The second kappa shape index (κ2) is 5.39. The molecule has 0 atom stereocenters. The maximum Gasteiger partial charge on any atom is 0.250 e. The van der Waals surface area contributed by atoms with E-state index in [0.29, 0.717) is 17.2 Å². The van der Waals surface area contributed by atoms with Crippen LogP contribution in [0, 0.1) is 0 Å². The van der Waals surface area contributed by atoms with Gasteiger partial charge in [-0.05, 0) is 35.6 Å². The third-order valence-corrected chi connectivity index (χ3v) is 5.07. The fourth-order valence-corrected chi connectivity index (χ4v) is 3.44. The van der Waals surface area contributed by atoms with E-state index in [9.17, 15) is 8.42 Å². The van der Waals surface area contributed by atoms with Crippen LogP contribution in [0.2, 0.25) is 0 Å². The van der Waals surface area contributed by atoms with Crippen LogP contribution in [0.3, 0.4) is 0 Å². The van der Waals surface area contributed by atoms with Gasteiger partial charge in [-0.2, -0.15) is 0 Å². The van der Waals surface area contributed by atoms with Crippen LogP contribution in [0.1, 0.15) is 5.56 Å².